The van der Waals surface area contributed by atoms with Crippen LogP contribution in [-0.2, 0) is 52.3 Å². The largest absolute Gasteiger partial charge is 0.462 e. The second-order valence-electron chi connectivity index (χ2n) is 13.0. The van der Waals surface area contributed by atoms with Crippen molar-refractivity contribution in [2.45, 2.75) is 102 Å². The van der Waals surface area contributed by atoms with Gasteiger partial charge < -0.3 is 33.2 Å². The van der Waals surface area contributed by atoms with E-state index >= 15 is 0 Å². The molecule has 3 saturated heterocycles. The Kier molecular flexibility index (Phi) is 7.65. The Morgan fingerprint density at radius 2 is 1.80 bits per heavy atom. The van der Waals surface area contributed by atoms with E-state index in [0.717, 1.165) is 6.42 Å². The minimum absolute atomic E-state index is 0.00586. The van der Waals surface area contributed by atoms with Gasteiger partial charge in [-0.05, 0) is 44.8 Å². The number of carbonyl (C=O) groups is 4. The van der Waals surface area contributed by atoms with E-state index in [9.17, 15) is 19.2 Å². The molecule has 6 rings (SSSR count). The van der Waals surface area contributed by atoms with Gasteiger partial charge in [0.2, 0.25) is 0 Å². The maximum absolute atomic E-state index is 13.6. The van der Waals surface area contributed by atoms with Crippen LogP contribution < -0.4 is 0 Å². The summed E-state index contributed by atoms with van der Waals surface area (Å²) in [6.45, 7) is 8.90. The quantitative estimate of drug-likeness (QED) is 0.201. The molecule has 0 aromatic rings. The molecule has 4 bridgehead atoms. The number of cyclic esters (lactones) is 1. The first-order valence-electron chi connectivity index (χ1n) is 15.3. The number of epoxide rings is 1. The third-order valence-electron chi connectivity index (χ3n) is 10.7. The zero-order valence-electron chi connectivity index (χ0n) is 25.8. The van der Waals surface area contributed by atoms with E-state index < -0.39 is 64.2 Å². The van der Waals surface area contributed by atoms with E-state index in [2.05, 4.69) is 19.9 Å². The molecular weight excluding hydrogens is 572 g/mol. The number of allylic oxidation sites excluding steroid dienone is 3. The number of hydrogen-bond donors (Lipinski definition) is 0. The van der Waals surface area contributed by atoms with E-state index in [1.54, 1.807) is 19.1 Å². The zero-order valence-corrected chi connectivity index (χ0v) is 25.8. The van der Waals surface area contributed by atoms with Crippen LogP contribution in [0, 0.1) is 10.8 Å². The van der Waals surface area contributed by atoms with Crippen LogP contribution >= 0.6 is 0 Å². The Balaban J connectivity index is 1.45. The second kappa shape index (κ2) is 11.0. The summed E-state index contributed by atoms with van der Waals surface area (Å²) in [5.74, 6) is -2.35. The first-order chi connectivity index (χ1) is 20.9. The Labute approximate surface area is 256 Å². The molecule has 0 radical (unpaired) electrons. The predicted molar refractivity (Wildman–Crippen MR) is 153 cm³/mol. The van der Waals surface area contributed by atoms with Gasteiger partial charge in [-0.1, -0.05) is 30.7 Å². The molecule has 2 spiro atoms. The van der Waals surface area contributed by atoms with Crippen LogP contribution in [0.2, 0.25) is 0 Å². The molecule has 238 valence electrons. The molecule has 0 N–H and O–H groups in total. The average Bonchev–Trinajstić information content (AvgIpc) is 3.73. The smallest absolute Gasteiger partial charge is 0.331 e. The first kappa shape index (κ1) is 30.7. The standard InChI is InChI=1S/C33H40O11/c1-19-9-12-31-17-38-28(37)15-23-10-13-39-32(20(2)41-21(3)34,29(23)42-22(4)35)11-7-6-8-27(36)44-24-16-26(43-25(31)14-19)33(18-40-33)30(24,31)5/h6-8,11,14-15,20,24-26,29H,9-10,12-13,16-18H2,1-5H3/b8-6-,11-7-,23-15-. The summed E-state index contributed by atoms with van der Waals surface area (Å²) in [6, 6.07) is 0. The lowest BCUT2D eigenvalue weighted by molar-refractivity contribution is -0.232. The molecule has 0 amide bonds. The molecule has 44 heavy (non-hydrogen) atoms. The molecule has 11 heteroatoms. The van der Waals surface area contributed by atoms with E-state index in [0.29, 0.717) is 25.0 Å². The molecule has 4 heterocycles. The topological polar surface area (TPSA) is 136 Å². The summed E-state index contributed by atoms with van der Waals surface area (Å²) < 4.78 is 42.5. The maximum Gasteiger partial charge on any atom is 0.331 e. The molecule has 9 atom stereocenters. The van der Waals surface area contributed by atoms with E-state index in [-0.39, 0.29) is 31.8 Å². The fourth-order valence-electron chi connectivity index (χ4n) is 8.31. The van der Waals surface area contributed by atoms with Crippen LogP contribution in [0.25, 0.3) is 0 Å². The fourth-order valence-corrected chi connectivity index (χ4v) is 8.31. The molecule has 11 nitrogen and oxygen atoms in total. The summed E-state index contributed by atoms with van der Waals surface area (Å²) in [4.78, 5) is 51.2. The number of fused-ring (bicyclic) bond motifs is 2. The lowest BCUT2D eigenvalue weighted by Crippen LogP contribution is -2.66. The van der Waals surface area contributed by atoms with Gasteiger partial charge in [0.15, 0.2) is 11.7 Å². The highest BCUT2D eigenvalue weighted by molar-refractivity contribution is 5.84. The Bertz CT molecular complexity index is 1370. The maximum atomic E-state index is 13.6. The second-order valence-corrected chi connectivity index (χ2v) is 13.0. The molecular formula is C33H40O11. The van der Waals surface area contributed by atoms with Gasteiger partial charge in [0.05, 0.1) is 30.8 Å². The molecule has 1 saturated carbocycles. The van der Waals surface area contributed by atoms with Crippen LogP contribution in [-0.4, -0.2) is 85.4 Å². The number of esters is 4. The van der Waals surface area contributed by atoms with E-state index in [1.165, 1.54) is 37.6 Å². The first-order valence-corrected chi connectivity index (χ1v) is 15.3. The van der Waals surface area contributed by atoms with Crippen LogP contribution in [0.4, 0.5) is 0 Å². The van der Waals surface area contributed by atoms with Crippen molar-refractivity contribution in [3.8, 4) is 0 Å². The van der Waals surface area contributed by atoms with Crippen LogP contribution in [0.3, 0.4) is 0 Å². The lowest BCUT2D eigenvalue weighted by Gasteiger charge is -2.58. The number of ether oxygens (including phenoxy) is 7. The van der Waals surface area contributed by atoms with Crippen molar-refractivity contribution in [2.24, 2.45) is 10.8 Å². The highest BCUT2D eigenvalue weighted by Gasteiger charge is 2.83. The summed E-state index contributed by atoms with van der Waals surface area (Å²) in [5.41, 5.74) is -1.91. The SMILES string of the molecule is CC(=O)OC(C)C12/C=C\C=C/C(=O)OC3CC4OC5C=C(C)CCC5(COC(=O)/C=C(/CCO1)C2OC(C)=O)C3(C)C41CO1. The molecule has 4 aliphatic heterocycles. The van der Waals surface area contributed by atoms with Gasteiger partial charge in [0, 0.05) is 37.8 Å². The van der Waals surface area contributed by atoms with Crippen molar-refractivity contribution >= 4 is 23.9 Å². The minimum atomic E-state index is -1.49. The molecule has 4 fully saturated rings. The van der Waals surface area contributed by atoms with Gasteiger partial charge >= 0.3 is 23.9 Å². The van der Waals surface area contributed by atoms with Crippen molar-refractivity contribution in [3.63, 3.8) is 0 Å². The lowest BCUT2D eigenvalue weighted by atomic mass is 9.51. The van der Waals surface area contributed by atoms with Crippen molar-refractivity contribution in [1.29, 1.82) is 0 Å². The average molecular weight is 613 g/mol. The van der Waals surface area contributed by atoms with E-state index in [1.807, 2.05) is 0 Å². The molecule has 0 aromatic heterocycles. The third kappa shape index (κ3) is 4.66. The molecule has 2 aliphatic carbocycles. The van der Waals surface area contributed by atoms with Gasteiger partial charge in [-0.15, -0.1) is 0 Å². The monoisotopic (exact) mass is 612 g/mol. The van der Waals surface area contributed by atoms with Gasteiger partial charge in [-0.3, -0.25) is 9.59 Å². The Morgan fingerprint density at radius 1 is 1.02 bits per heavy atom. The molecule has 9 unspecified atom stereocenters. The summed E-state index contributed by atoms with van der Waals surface area (Å²) in [7, 11) is 0. The fraction of sp³-hybridized carbons (Fsp3) is 0.636. The number of hydrogen-bond acceptors (Lipinski definition) is 11. The van der Waals surface area contributed by atoms with E-state index in [4.69, 9.17) is 33.2 Å². The number of rotatable bonds is 3. The molecule has 0 aromatic carbocycles. The van der Waals surface area contributed by atoms with Crippen molar-refractivity contribution in [3.05, 3.63) is 47.6 Å². The normalized spacial score (nSPS) is 44.5. The van der Waals surface area contributed by atoms with Gasteiger partial charge in [0.1, 0.15) is 24.4 Å². The Hall–Kier alpha value is -3.28. The highest BCUT2D eigenvalue weighted by atomic mass is 16.6. The van der Waals surface area contributed by atoms with Crippen LogP contribution in [0.5, 0.6) is 0 Å². The van der Waals surface area contributed by atoms with Gasteiger partial charge in [-0.2, -0.15) is 0 Å². The van der Waals surface area contributed by atoms with Gasteiger partial charge in [0.25, 0.3) is 0 Å². The highest BCUT2D eigenvalue weighted by Crippen LogP contribution is 2.72. The third-order valence-corrected chi connectivity index (χ3v) is 10.7. The van der Waals surface area contributed by atoms with Crippen LogP contribution in [0.15, 0.2) is 47.6 Å². The zero-order chi connectivity index (χ0) is 31.5. The van der Waals surface area contributed by atoms with Crippen molar-refractivity contribution < 1.29 is 52.3 Å². The van der Waals surface area contributed by atoms with Gasteiger partial charge in [-0.25, -0.2) is 9.59 Å². The van der Waals surface area contributed by atoms with Crippen molar-refractivity contribution in [2.75, 3.05) is 19.8 Å². The molecule has 6 aliphatic rings. The van der Waals surface area contributed by atoms with Crippen LogP contribution in [0.1, 0.15) is 60.3 Å². The summed E-state index contributed by atoms with van der Waals surface area (Å²) >= 11 is 0. The van der Waals surface area contributed by atoms with Crippen molar-refractivity contribution in [1.82, 2.24) is 0 Å². The Morgan fingerprint density at radius 3 is 2.50 bits per heavy atom. The minimum Gasteiger partial charge on any atom is -0.462 e. The summed E-state index contributed by atoms with van der Waals surface area (Å²) in [5, 5.41) is 0. The predicted octanol–water partition coefficient (Wildman–Crippen LogP) is 3.21. The number of carbonyl (C=O) groups excluding carboxylic acids is 4. The summed E-state index contributed by atoms with van der Waals surface area (Å²) in [6.07, 6.45) is 8.33.